The van der Waals surface area contributed by atoms with Gasteiger partial charge in [0, 0.05) is 23.2 Å². The number of nitrogens with one attached hydrogen (secondary N) is 1. The second kappa shape index (κ2) is 6.10. The molecule has 3 N–H and O–H groups in total. The van der Waals surface area contributed by atoms with E-state index in [2.05, 4.69) is 20.7 Å². The molecule has 1 heterocycles. The van der Waals surface area contributed by atoms with E-state index in [0.717, 1.165) is 20.8 Å². The van der Waals surface area contributed by atoms with Crippen LogP contribution in [0, 0.1) is 10.1 Å². The standard InChI is InChI=1S/C11H10BrN3O4S2/c12-11-4-2-8(20-11)6-14-21(18,19)10-5-7(13)1-3-9(10)15(16)17/h1-5,14H,6,13H2. The van der Waals surface area contributed by atoms with Crippen LogP contribution >= 0.6 is 27.3 Å². The van der Waals surface area contributed by atoms with Gasteiger partial charge in [-0.2, -0.15) is 0 Å². The maximum absolute atomic E-state index is 12.2. The molecule has 0 atom stereocenters. The molecule has 2 aromatic rings. The molecule has 1 aromatic carbocycles. The number of nitro groups is 1. The fourth-order valence-electron chi connectivity index (χ4n) is 1.59. The number of rotatable bonds is 5. The Kier molecular flexibility index (Phi) is 4.61. The molecule has 21 heavy (non-hydrogen) atoms. The van der Waals surface area contributed by atoms with Gasteiger partial charge < -0.3 is 5.73 Å². The van der Waals surface area contributed by atoms with E-state index in [9.17, 15) is 18.5 Å². The Bertz CT molecular complexity index is 789. The third kappa shape index (κ3) is 3.79. The lowest BCUT2D eigenvalue weighted by Gasteiger charge is -2.07. The summed E-state index contributed by atoms with van der Waals surface area (Å²) in [4.78, 5) is 10.5. The van der Waals surface area contributed by atoms with Gasteiger partial charge in [0.15, 0.2) is 4.90 Å². The van der Waals surface area contributed by atoms with Crippen molar-refractivity contribution in [1.82, 2.24) is 4.72 Å². The van der Waals surface area contributed by atoms with Gasteiger partial charge in [0.05, 0.1) is 8.71 Å². The van der Waals surface area contributed by atoms with Crippen LogP contribution in [0.15, 0.2) is 39.0 Å². The minimum Gasteiger partial charge on any atom is -0.399 e. The minimum atomic E-state index is -4.03. The summed E-state index contributed by atoms with van der Waals surface area (Å²) in [6.07, 6.45) is 0. The van der Waals surface area contributed by atoms with Crippen molar-refractivity contribution in [2.45, 2.75) is 11.4 Å². The van der Waals surface area contributed by atoms with E-state index < -0.39 is 25.5 Å². The fourth-order valence-corrected chi connectivity index (χ4v) is 4.31. The summed E-state index contributed by atoms with van der Waals surface area (Å²) in [7, 11) is -4.03. The van der Waals surface area contributed by atoms with Crippen LogP contribution in [-0.4, -0.2) is 13.3 Å². The Balaban J connectivity index is 2.31. The van der Waals surface area contributed by atoms with Crippen molar-refractivity contribution in [3.05, 3.63) is 49.1 Å². The first-order valence-electron chi connectivity index (χ1n) is 5.57. The number of nitrogens with two attached hydrogens (primary N) is 1. The third-order valence-electron chi connectivity index (χ3n) is 2.54. The highest BCUT2D eigenvalue weighted by molar-refractivity contribution is 9.11. The van der Waals surface area contributed by atoms with Gasteiger partial charge in [-0.05, 0) is 40.2 Å². The first-order chi connectivity index (χ1) is 9.79. The van der Waals surface area contributed by atoms with Crippen LogP contribution in [0.4, 0.5) is 11.4 Å². The number of nitrogen functional groups attached to an aromatic ring is 1. The minimum absolute atomic E-state index is 0.0462. The number of hydrogen-bond donors (Lipinski definition) is 2. The summed E-state index contributed by atoms with van der Waals surface area (Å²) >= 11 is 4.64. The number of anilines is 1. The average molecular weight is 392 g/mol. The van der Waals surface area contributed by atoms with Gasteiger partial charge in [0.1, 0.15) is 0 Å². The second-order valence-corrected chi connectivity index (χ2v) is 8.30. The Morgan fingerprint density at radius 1 is 1.33 bits per heavy atom. The van der Waals surface area contributed by atoms with Gasteiger partial charge in [0.25, 0.3) is 5.69 Å². The lowest BCUT2D eigenvalue weighted by molar-refractivity contribution is -0.387. The summed E-state index contributed by atoms with van der Waals surface area (Å²) in [5, 5.41) is 10.9. The average Bonchev–Trinajstić information content (AvgIpc) is 2.82. The van der Waals surface area contributed by atoms with Crippen molar-refractivity contribution in [3.63, 3.8) is 0 Å². The smallest absolute Gasteiger partial charge is 0.289 e. The van der Waals surface area contributed by atoms with Crippen LogP contribution in [0.1, 0.15) is 4.88 Å². The lowest BCUT2D eigenvalue weighted by Crippen LogP contribution is -2.23. The van der Waals surface area contributed by atoms with Crippen molar-refractivity contribution in [2.75, 3.05) is 5.73 Å². The molecule has 1 aromatic heterocycles. The van der Waals surface area contributed by atoms with Gasteiger partial charge in [0.2, 0.25) is 10.0 Å². The molecule has 0 spiro atoms. The number of benzene rings is 1. The Hall–Kier alpha value is -1.49. The zero-order valence-corrected chi connectivity index (χ0v) is 13.7. The number of nitrogens with zero attached hydrogens (tertiary/aromatic N) is 1. The second-order valence-electron chi connectivity index (χ2n) is 4.01. The Morgan fingerprint density at radius 3 is 2.62 bits per heavy atom. The zero-order valence-electron chi connectivity index (χ0n) is 10.4. The molecule has 0 aliphatic heterocycles. The van der Waals surface area contributed by atoms with Crippen LogP contribution in [0.2, 0.25) is 0 Å². The topological polar surface area (TPSA) is 115 Å². The molecule has 112 valence electrons. The normalized spacial score (nSPS) is 11.5. The summed E-state index contributed by atoms with van der Waals surface area (Å²) in [6.45, 7) is 0.0462. The van der Waals surface area contributed by atoms with Gasteiger partial charge in [-0.15, -0.1) is 11.3 Å². The van der Waals surface area contributed by atoms with Crippen LogP contribution in [-0.2, 0) is 16.6 Å². The van der Waals surface area contributed by atoms with Gasteiger partial charge in [-0.25, -0.2) is 13.1 Å². The molecule has 0 amide bonds. The number of hydrogen-bond acceptors (Lipinski definition) is 6. The fraction of sp³-hybridized carbons (Fsp3) is 0.0909. The van der Waals surface area contributed by atoms with Gasteiger partial charge >= 0.3 is 0 Å². The van der Waals surface area contributed by atoms with Gasteiger partial charge in [-0.3, -0.25) is 10.1 Å². The van der Waals surface area contributed by atoms with Crippen LogP contribution in [0.5, 0.6) is 0 Å². The molecule has 0 aliphatic carbocycles. The highest BCUT2D eigenvalue weighted by atomic mass is 79.9. The number of nitro benzene ring substituents is 1. The van der Waals surface area contributed by atoms with E-state index in [1.54, 1.807) is 12.1 Å². The van der Waals surface area contributed by atoms with Gasteiger partial charge in [-0.1, -0.05) is 0 Å². The molecule has 10 heteroatoms. The lowest BCUT2D eigenvalue weighted by atomic mass is 10.3. The molecule has 0 saturated heterocycles. The van der Waals surface area contributed by atoms with E-state index in [4.69, 9.17) is 5.73 Å². The zero-order chi connectivity index (χ0) is 15.6. The van der Waals surface area contributed by atoms with Crippen LogP contribution in [0.25, 0.3) is 0 Å². The van der Waals surface area contributed by atoms with Crippen molar-refractivity contribution >= 4 is 48.7 Å². The number of halogens is 1. The molecule has 0 unspecified atom stereocenters. The summed E-state index contributed by atoms with van der Waals surface area (Å²) < 4.78 is 27.6. The van der Waals surface area contributed by atoms with Crippen molar-refractivity contribution in [2.24, 2.45) is 0 Å². The highest BCUT2D eigenvalue weighted by Gasteiger charge is 2.25. The van der Waals surface area contributed by atoms with E-state index >= 15 is 0 Å². The van der Waals surface area contributed by atoms with Crippen LogP contribution in [0.3, 0.4) is 0 Å². The van der Waals surface area contributed by atoms with Crippen molar-refractivity contribution in [3.8, 4) is 0 Å². The number of sulfonamides is 1. The quantitative estimate of drug-likeness (QED) is 0.461. The summed E-state index contributed by atoms with van der Waals surface area (Å²) in [5.41, 5.74) is 5.14. The van der Waals surface area contributed by atoms with E-state index in [1.165, 1.54) is 17.4 Å². The molecular weight excluding hydrogens is 382 g/mol. The molecule has 0 saturated carbocycles. The monoisotopic (exact) mass is 391 g/mol. The predicted octanol–water partition coefficient (Wildman–Crippen LogP) is 2.48. The van der Waals surface area contributed by atoms with Crippen LogP contribution < -0.4 is 10.5 Å². The Labute approximate surface area is 133 Å². The maximum Gasteiger partial charge on any atom is 0.289 e. The number of thiophene rings is 1. The first-order valence-corrected chi connectivity index (χ1v) is 8.66. The predicted molar refractivity (Wildman–Crippen MR) is 83.6 cm³/mol. The van der Waals surface area contributed by atoms with E-state index in [1.807, 2.05) is 0 Å². The van der Waals surface area contributed by atoms with Crippen molar-refractivity contribution < 1.29 is 13.3 Å². The molecule has 2 rings (SSSR count). The molecule has 0 fully saturated rings. The first kappa shape index (κ1) is 15.9. The van der Waals surface area contributed by atoms with Crippen molar-refractivity contribution in [1.29, 1.82) is 0 Å². The molecular formula is C11H10BrN3O4S2. The molecule has 7 nitrogen and oxygen atoms in total. The Morgan fingerprint density at radius 2 is 2.05 bits per heavy atom. The molecule has 0 aliphatic rings. The molecule has 0 radical (unpaired) electrons. The van der Waals surface area contributed by atoms with E-state index in [0.29, 0.717) is 0 Å². The molecule has 0 bridgehead atoms. The summed E-state index contributed by atoms with van der Waals surface area (Å²) in [6, 6.07) is 6.98. The third-order valence-corrected chi connectivity index (χ3v) is 5.59. The highest BCUT2D eigenvalue weighted by Crippen LogP contribution is 2.27. The largest absolute Gasteiger partial charge is 0.399 e. The maximum atomic E-state index is 12.2. The SMILES string of the molecule is Nc1ccc([N+](=O)[O-])c(S(=O)(=O)NCc2ccc(Br)s2)c1. The van der Waals surface area contributed by atoms with E-state index in [-0.39, 0.29) is 12.2 Å². The summed E-state index contributed by atoms with van der Waals surface area (Å²) in [5.74, 6) is 0.